The number of benzene rings is 1. The quantitative estimate of drug-likeness (QED) is 0.744. The van der Waals surface area contributed by atoms with Gasteiger partial charge in [0, 0.05) is 43.0 Å². The summed E-state index contributed by atoms with van der Waals surface area (Å²) in [6.45, 7) is 0.367. The molecule has 1 fully saturated rings. The van der Waals surface area contributed by atoms with Crippen LogP contribution in [0.2, 0.25) is 0 Å². The molecule has 150 valence electrons. The smallest absolute Gasteiger partial charge is 0.276 e. The monoisotopic (exact) mass is 413 g/mol. The highest BCUT2D eigenvalue weighted by Crippen LogP contribution is 2.35. The number of aryl methyl sites for hydroxylation is 1. The van der Waals surface area contributed by atoms with Crippen LogP contribution >= 0.6 is 0 Å². The maximum atomic E-state index is 13.4. The molecule has 1 amide bonds. The Balaban J connectivity index is 1.65. The number of halogens is 3. The minimum atomic E-state index is -1.61. The van der Waals surface area contributed by atoms with Crippen molar-refractivity contribution in [2.45, 2.75) is 30.2 Å². The van der Waals surface area contributed by atoms with E-state index in [1.165, 1.54) is 10.8 Å². The zero-order valence-electron chi connectivity index (χ0n) is 14.9. The topological polar surface area (TPSA) is 72.4 Å². The lowest BCUT2D eigenvalue weighted by Crippen LogP contribution is -2.38. The summed E-state index contributed by atoms with van der Waals surface area (Å²) in [5, 5.41) is 2.34. The first-order valence-electron chi connectivity index (χ1n) is 8.81. The number of nitrogens with zero attached hydrogens (tertiary/aromatic N) is 1. The van der Waals surface area contributed by atoms with Crippen molar-refractivity contribution in [1.82, 2.24) is 9.29 Å². The van der Waals surface area contributed by atoms with E-state index in [1.54, 1.807) is 7.05 Å². The maximum Gasteiger partial charge on any atom is 0.276 e. The van der Waals surface area contributed by atoms with E-state index in [-0.39, 0.29) is 29.1 Å². The van der Waals surface area contributed by atoms with Crippen molar-refractivity contribution in [3.05, 3.63) is 41.5 Å². The first kappa shape index (κ1) is 19.0. The molecule has 1 aliphatic carbocycles. The highest BCUT2D eigenvalue weighted by Gasteiger charge is 2.35. The van der Waals surface area contributed by atoms with Crippen molar-refractivity contribution >= 4 is 22.6 Å². The molecule has 10 heteroatoms. The van der Waals surface area contributed by atoms with Crippen LogP contribution in [-0.2, 0) is 18.0 Å². The van der Waals surface area contributed by atoms with Crippen molar-refractivity contribution in [3.8, 4) is 5.75 Å². The summed E-state index contributed by atoms with van der Waals surface area (Å²) in [5.74, 6) is -4.79. The fraction of sp³-hybridized carbons (Fsp3) is 0.389. The minimum Gasteiger partial charge on any atom is -0.489 e. The van der Waals surface area contributed by atoms with E-state index in [0.29, 0.717) is 23.6 Å². The summed E-state index contributed by atoms with van der Waals surface area (Å²) in [6.07, 6.45) is 4.38. The lowest BCUT2D eigenvalue weighted by atomic mass is 10.1. The molecule has 1 aromatic heterocycles. The Hall–Kier alpha value is -2.33. The SMILES string of the molecule is Cn1cc2c(c1C(=O)Nc1cc(F)c(F)c(F)c1)OCC1CCCC1NS2=O. The normalized spacial score (nSPS) is 23.9. The molecule has 2 aliphatic rings. The minimum absolute atomic E-state index is 0.0618. The molecule has 2 aromatic rings. The van der Waals surface area contributed by atoms with Gasteiger partial charge in [-0.1, -0.05) is 6.42 Å². The van der Waals surface area contributed by atoms with E-state index in [0.717, 1.165) is 19.3 Å². The van der Waals surface area contributed by atoms with Gasteiger partial charge in [-0.05, 0) is 12.8 Å². The van der Waals surface area contributed by atoms with Crippen LogP contribution in [0.15, 0.2) is 23.2 Å². The standard InChI is InChI=1S/C18H18F3N3O3S/c1-24-7-14-17(27-8-9-3-2-4-13(9)23-28(14)26)16(24)18(25)22-10-5-11(19)15(21)12(20)6-10/h5-7,9,13,23H,2-4,8H2,1H3,(H,22,25). The van der Waals surface area contributed by atoms with E-state index in [9.17, 15) is 22.2 Å². The molecule has 28 heavy (non-hydrogen) atoms. The van der Waals surface area contributed by atoms with Gasteiger partial charge in [0.1, 0.15) is 15.9 Å². The summed E-state index contributed by atoms with van der Waals surface area (Å²) in [7, 11) is 0.0139. The Kier molecular flexibility index (Phi) is 4.92. The largest absolute Gasteiger partial charge is 0.489 e. The molecule has 3 atom stereocenters. The number of anilines is 1. The second-order valence-electron chi connectivity index (χ2n) is 6.99. The maximum absolute atomic E-state index is 13.4. The van der Waals surface area contributed by atoms with Crippen molar-refractivity contribution in [2.24, 2.45) is 13.0 Å². The van der Waals surface area contributed by atoms with Gasteiger partial charge in [0.25, 0.3) is 5.91 Å². The molecule has 0 bridgehead atoms. The molecule has 1 saturated carbocycles. The summed E-state index contributed by atoms with van der Waals surface area (Å²) >= 11 is 0. The zero-order chi connectivity index (χ0) is 20.0. The van der Waals surface area contributed by atoms with Crippen molar-refractivity contribution in [2.75, 3.05) is 11.9 Å². The third kappa shape index (κ3) is 3.30. The van der Waals surface area contributed by atoms with Crippen LogP contribution in [0, 0.1) is 23.4 Å². The van der Waals surface area contributed by atoms with E-state index >= 15 is 0 Å². The number of nitrogens with one attached hydrogen (secondary N) is 2. The second kappa shape index (κ2) is 7.25. The Bertz CT molecular complexity index is 955. The molecule has 4 rings (SSSR count). The molecular formula is C18H18F3N3O3S. The Morgan fingerprint density at radius 2 is 2.00 bits per heavy atom. The third-order valence-corrected chi connectivity index (χ3v) is 6.33. The van der Waals surface area contributed by atoms with Gasteiger partial charge >= 0.3 is 0 Å². The van der Waals surface area contributed by atoms with Crippen LogP contribution in [-0.4, -0.2) is 27.3 Å². The molecule has 2 N–H and O–H groups in total. The van der Waals surface area contributed by atoms with Crippen LogP contribution in [0.3, 0.4) is 0 Å². The molecule has 0 radical (unpaired) electrons. The van der Waals surface area contributed by atoms with Gasteiger partial charge in [-0.3, -0.25) is 4.79 Å². The first-order valence-corrected chi connectivity index (χ1v) is 9.96. The van der Waals surface area contributed by atoms with Gasteiger partial charge in [-0.2, -0.15) is 0 Å². The molecule has 3 unspecified atom stereocenters. The number of carbonyl (C=O) groups is 1. The summed E-state index contributed by atoms with van der Waals surface area (Å²) in [6, 6.07) is 1.47. The molecule has 1 aliphatic heterocycles. The number of ether oxygens (including phenoxy) is 1. The fourth-order valence-electron chi connectivity index (χ4n) is 3.71. The van der Waals surface area contributed by atoms with Crippen LogP contribution in [0.5, 0.6) is 5.75 Å². The van der Waals surface area contributed by atoms with Gasteiger partial charge in [0.15, 0.2) is 28.9 Å². The van der Waals surface area contributed by atoms with E-state index < -0.39 is 34.3 Å². The highest BCUT2D eigenvalue weighted by molar-refractivity contribution is 7.83. The Morgan fingerprint density at radius 1 is 1.29 bits per heavy atom. The van der Waals surface area contributed by atoms with E-state index in [4.69, 9.17) is 4.74 Å². The number of aromatic nitrogens is 1. The zero-order valence-corrected chi connectivity index (χ0v) is 15.7. The summed E-state index contributed by atoms with van der Waals surface area (Å²) in [5.41, 5.74) is -0.177. The molecule has 0 spiro atoms. The Labute approximate surface area is 161 Å². The number of fused-ring (bicyclic) bond motifs is 2. The molecular weight excluding hydrogens is 395 g/mol. The van der Waals surface area contributed by atoms with Crippen molar-refractivity contribution in [3.63, 3.8) is 0 Å². The van der Waals surface area contributed by atoms with Crippen LogP contribution in [0.4, 0.5) is 18.9 Å². The van der Waals surface area contributed by atoms with Crippen LogP contribution < -0.4 is 14.8 Å². The first-order chi connectivity index (χ1) is 13.3. The van der Waals surface area contributed by atoms with Gasteiger partial charge in [0.2, 0.25) is 0 Å². The van der Waals surface area contributed by atoms with Gasteiger partial charge in [0.05, 0.1) is 6.61 Å². The van der Waals surface area contributed by atoms with E-state index in [2.05, 4.69) is 10.0 Å². The second-order valence-corrected chi connectivity index (χ2v) is 8.20. The van der Waals surface area contributed by atoms with Gasteiger partial charge in [-0.25, -0.2) is 22.1 Å². The molecule has 2 heterocycles. The highest BCUT2D eigenvalue weighted by atomic mass is 32.2. The number of amides is 1. The predicted molar refractivity (Wildman–Crippen MR) is 95.9 cm³/mol. The molecule has 6 nitrogen and oxygen atoms in total. The van der Waals surface area contributed by atoms with Crippen molar-refractivity contribution < 1.29 is 26.9 Å². The molecule has 0 saturated heterocycles. The van der Waals surface area contributed by atoms with Gasteiger partial charge < -0.3 is 14.6 Å². The van der Waals surface area contributed by atoms with E-state index in [1.807, 2.05) is 0 Å². The summed E-state index contributed by atoms with van der Waals surface area (Å²) < 4.78 is 63.1. The van der Waals surface area contributed by atoms with Crippen LogP contribution in [0.25, 0.3) is 0 Å². The number of hydrogen-bond acceptors (Lipinski definition) is 3. The number of hydrogen-bond donors (Lipinski definition) is 2. The fourth-order valence-corrected chi connectivity index (χ4v) is 5.00. The number of carbonyl (C=O) groups excluding carboxylic acids is 1. The van der Waals surface area contributed by atoms with Crippen LogP contribution in [0.1, 0.15) is 29.8 Å². The predicted octanol–water partition coefficient (Wildman–Crippen LogP) is 2.87. The summed E-state index contributed by atoms with van der Waals surface area (Å²) in [4.78, 5) is 13.1. The Morgan fingerprint density at radius 3 is 2.71 bits per heavy atom. The third-order valence-electron chi connectivity index (χ3n) is 5.12. The average molecular weight is 413 g/mol. The lowest BCUT2D eigenvalue weighted by molar-refractivity contribution is 0.101. The lowest BCUT2D eigenvalue weighted by Gasteiger charge is -2.24. The van der Waals surface area contributed by atoms with Crippen molar-refractivity contribution in [1.29, 1.82) is 0 Å². The number of rotatable bonds is 2. The average Bonchev–Trinajstić information content (AvgIpc) is 3.19. The molecule has 1 aromatic carbocycles. The van der Waals surface area contributed by atoms with Gasteiger partial charge in [-0.15, -0.1) is 0 Å².